The lowest BCUT2D eigenvalue weighted by Gasteiger charge is -2.17. The topological polar surface area (TPSA) is 143 Å². The zero-order chi connectivity index (χ0) is 13.3. The summed E-state index contributed by atoms with van der Waals surface area (Å²) >= 11 is 0. The fraction of sp³-hybridized carbons (Fsp3) is 1.00. The van der Waals surface area contributed by atoms with E-state index < -0.39 is 34.5 Å². The van der Waals surface area contributed by atoms with Crippen LogP contribution < -0.4 is 0 Å². The van der Waals surface area contributed by atoms with E-state index in [1.807, 2.05) is 0 Å². The van der Waals surface area contributed by atoms with Gasteiger partial charge >= 0.3 is 15.6 Å². The molecule has 1 heterocycles. The summed E-state index contributed by atoms with van der Waals surface area (Å²) in [6, 6.07) is 0. The van der Waals surface area contributed by atoms with Gasteiger partial charge in [0.25, 0.3) is 0 Å². The van der Waals surface area contributed by atoms with E-state index in [0.29, 0.717) is 6.42 Å². The fourth-order valence-corrected chi connectivity index (χ4v) is 3.01. The predicted octanol–water partition coefficient (Wildman–Crippen LogP) is -0.249. The van der Waals surface area contributed by atoms with E-state index in [1.165, 1.54) is 0 Å². The highest BCUT2D eigenvalue weighted by atomic mass is 31.3. The average Bonchev–Trinajstić information content (AvgIpc) is 2.37. The number of phosphoric acid groups is 2. The lowest BCUT2D eigenvalue weighted by molar-refractivity contribution is -0.0167. The van der Waals surface area contributed by atoms with Crippen molar-refractivity contribution in [2.45, 2.75) is 31.7 Å². The molecule has 17 heavy (non-hydrogen) atoms. The van der Waals surface area contributed by atoms with Crippen molar-refractivity contribution in [1.82, 2.24) is 0 Å². The molecular weight excluding hydrogens is 278 g/mol. The van der Waals surface area contributed by atoms with Crippen molar-refractivity contribution in [2.24, 2.45) is 0 Å². The Morgan fingerprint density at radius 2 is 1.94 bits per heavy atom. The molecule has 0 aliphatic carbocycles. The minimum Gasteiger partial charge on any atom is -0.390 e. The summed E-state index contributed by atoms with van der Waals surface area (Å²) in [7, 11) is -9.98. The Morgan fingerprint density at radius 3 is 2.35 bits per heavy atom. The number of ether oxygens (including phenoxy) is 1. The molecule has 1 rings (SSSR count). The van der Waals surface area contributed by atoms with Gasteiger partial charge in [0, 0.05) is 6.42 Å². The first-order valence-corrected chi connectivity index (χ1v) is 7.69. The van der Waals surface area contributed by atoms with Gasteiger partial charge in [0.05, 0.1) is 18.8 Å². The highest BCUT2D eigenvalue weighted by molar-refractivity contribution is 7.60. The Hall–Kier alpha value is 0.180. The van der Waals surface area contributed by atoms with E-state index in [-0.39, 0.29) is 6.10 Å². The van der Waals surface area contributed by atoms with E-state index in [4.69, 9.17) is 19.4 Å². The van der Waals surface area contributed by atoms with Crippen LogP contribution in [0, 0.1) is 0 Å². The van der Waals surface area contributed by atoms with Crippen LogP contribution in [0.2, 0.25) is 0 Å². The van der Waals surface area contributed by atoms with Gasteiger partial charge in [-0.2, -0.15) is 4.31 Å². The van der Waals surface area contributed by atoms with Crippen molar-refractivity contribution in [1.29, 1.82) is 0 Å². The van der Waals surface area contributed by atoms with Crippen molar-refractivity contribution < 1.29 is 42.5 Å². The van der Waals surface area contributed by atoms with E-state index >= 15 is 0 Å². The number of hydrogen-bond donors (Lipinski definition) is 4. The average molecular weight is 292 g/mol. The van der Waals surface area contributed by atoms with Gasteiger partial charge in [-0.1, -0.05) is 0 Å². The lowest BCUT2D eigenvalue weighted by atomic mass is 10.1. The van der Waals surface area contributed by atoms with Crippen molar-refractivity contribution in [3.05, 3.63) is 0 Å². The molecule has 4 atom stereocenters. The zero-order valence-corrected chi connectivity index (χ0v) is 10.7. The third-order valence-electron chi connectivity index (χ3n) is 2.02. The lowest BCUT2D eigenvalue weighted by Crippen LogP contribution is -2.26. The maximum atomic E-state index is 11.1. The van der Waals surface area contributed by atoms with Gasteiger partial charge in [0.2, 0.25) is 0 Å². The summed E-state index contributed by atoms with van der Waals surface area (Å²) in [5.74, 6) is 0. The minimum absolute atomic E-state index is 0.223. The molecule has 0 bridgehead atoms. The Balaban J connectivity index is 2.45. The van der Waals surface area contributed by atoms with Gasteiger partial charge in [-0.25, -0.2) is 9.13 Å². The van der Waals surface area contributed by atoms with Gasteiger partial charge < -0.3 is 24.5 Å². The van der Waals surface area contributed by atoms with Crippen LogP contribution in [0.1, 0.15) is 13.3 Å². The Kier molecular flexibility index (Phi) is 4.88. The molecular formula is C6H14O9P2. The summed E-state index contributed by atoms with van der Waals surface area (Å²) in [6.07, 6.45) is -1.56. The summed E-state index contributed by atoms with van der Waals surface area (Å²) in [6.45, 7) is 1.20. The third-order valence-corrected chi connectivity index (χ3v) is 4.17. The van der Waals surface area contributed by atoms with E-state index in [2.05, 4.69) is 8.83 Å². The van der Waals surface area contributed by atoms with Gasteiger partial charge in [-0.05, 0) is 6.92 Å². The normalized spacial score (nSPS) is 33.6. The quantitative estimate of drug-likeness (QED) is 0.504. The number of phosphoric ester groups is 1. The summed E-state index contributed by atoms with van der Waals surface area (Å²) in [5, 5.41) is 9.42. The smallest absolute Gasteiger partial charge is 0.390 e. The van der Waals surface area contributed by atoms with Crippen molar-refractivity contribution >= 4 is 15.6 Å². The van der Waals surface area contributed by atoms with E-state index in [9.17, 15) is 14.2 Å². The third kappa shape index (κ3) is 5.56. The second kappa shape index (κ2) is 5.44. The molecule has 1 fully saturated rings. The second-order valence-corrected chi connectivity index (χ2v) is 6.45. The van der Waals surface area contributed by atoms with Gasteiger partial charge in [-0.15, -0.1) is 0 Å². The van der Waals surface area contributed by atoms with Crippen LogP contribution in [0.15, 0.2) is 0 Å². The maximum Gasteiger partial charge on any atom is 0.481 e. The first-order chi connectivity index (χ1) is 7.59. The highest BCUT2D eigenvalue weighted by Gasteiger charge is 2.37. The molecule has 0 aromatic carbocycles. The summed E-state index contributed by atoms with van der Waals surface area (Å²) in [5.41, 5.74) is 0. The standard InChI is InChI=1S/C6H14O9P2/c1-4-2-5(7)6(14-4)3-13-17(11,12)15-16(8,9)10/h4-7H,2-3H2,1H3,(H,11,12)(H2,8,9,10)/t4?,5-,6?/m0/s1. The van der Waals surface area contributed by atoms with Crippen LogP contribution in [0.25, 0.3) is 0 Å². The van der Waals surface area contributed by atoms with Gasteiger partial charge in [0.1, 0.15) is 6.10 Å². The van der Waals surface area contributed by atoms with Crippen LogP contribution in [0.3, 0.4) is 0 Å². The van der Waals surface area contributed by atoms with Crippen LogP contribution in [0.5, 0.6) is 0 Å². The molecule has 1 saturated heterocycles. The molecule has 0 saturated carbocycles. The first-order valence-electron chi connectivity index (χ1n) is 4.67. The first kappa shape index (κ1) is 15.2. The molecule has 0 spiro atoms. The van der Waals surface area contributed by atoms with Crippen molar-refractivity contribution in [2.75, 3.05) is 6.61 Å². The van der Waals surface area contributed by atoms with Crippen LogP contribution in [0.4, 0.5) is 0 Å². The predicted molar refractivity (Wildman–Crippen MR) is 53.9 cm³/mol. The fourth-order valence-electron chi connectivity index (χ4n) is 1.41. The Labute approximate surface area is 97.2 Å². The maximum absolute atomic E-state index is 11.1. The van der Waals surface area contributed by atoms with Crippen LogP contribution in [-0.2, 0) is 22.7 Å². The van der Waals surface area contributed by atoms with Crippen LogP contribution in [-0.4, -0.2) is 44.7 Å². The van der Waals surface area contributed by atoms with Crippen LogP contribution >= 0.6 is 15.6 Å². The summed E-state index contributed by atoms with van der Waals surface area (Å²) < 4.78 is 34.4. The molecule has 4 N–H and O–H groups in total. The largest absolute Gasteiger partial charge is 0.481 e. The second-order valence-electron chi connectivity index (χ2n) is 3.62. The van der Waals surface area contributed by atoms with Gasteiger partial charge in [0.15, 0.2) is 0 Å². The highest BCUT2D eigenvalue weighted by Crippen LogP contribution is 2.57. The van der Waals surface area contributed by atoms with E-state index in [1.54, 1.807) is 6.92 Å². The van der Waals surface area contributed by atoms with Crippen molar-refractivity contribution in [3.8, 4) is 0 Å². The number of aliphatic hydroxyl groups excluding tert-OH is 1. The molecule has 0 aromatic rings. The minimum atomic E-state index is -5.12. The number of rotatable bonds is 5. The van der Waals surface area contributed by atoms with Gasteiger partial charge in [-0.3, -0.25) is 4.52 Å². The summed E-state index contributed by atoms with van der Waals surface area (Å²) in [4.78, 5) is 25.6. The molecule has 11 heteroatoms. The number of aliphatic hydroxyl groups is 1. The Bertz CT molecular complexity index is 351. The van der Waals surface area contributed by atoms with E-state index in [0.717, 1.165) is 0 Å². The number of hydrogen-bond acceptors (Lipinski definition) is 6. The molecule has 3 unspecified atom stereocenters. The molecule has 1 aliphatic heterocycles. The SMILES string of the molecule is CC1C[C@H](O)C(COP(=O)(O)OP(=O)(O)O)O1. The zero-order valence-electron chi connectivity index (χ0n) is 8.87. The van der Waals surface area contributed by atoms with Crippen molar-refractivity contribution in [3.63, 3.8) is 0 Å². The molecule has 0 amide bonds. The molecule has 1 aliphatic rings. The molecule has 102 valence electrons. The molecule has 0 aromatic heterocycles. The molecule has 0 radical (unpaired) electrons. The monoisotopic (exact) mass is 292 g/mol. The Morgan fingerprint density at radius 1 is 1.35 bits per heavy atom. The molecule has 9 nitrogen and oxygen atoms in total.